The average Bonchev–Trinajstić information content (AvgIpc) is 3.55. The van der Waals surface area contributed by atoms with Crippen molar-refractivity contribution in [1.29, 1.82) is 0 Å². The molecule has 3 aromatic rings. The zero-order valence-electron chi connectivity index (χ0n) is 24.0. The van der Waals surface area contributed by atoms with Gasteiger partial charge < -0.3 is 20.1 Å². The Morgan fingerprint density at radius 2 is 1.67 bits per heavy atom. The van der Waals surface area contributed by atoms with E-state index in [1.807, 2.05) is 41.3 Å². The Morgan fingerprint density at radius 1 is 0.952 bits per heavy atom. The molecule has 2 N–H and O–H groups in total. The highest BCUT2D eigenvalue weighted by Crippen LogP contribution is 2.30. The van der Waals surface area contributed by atoms with Gasteiger partial charge in [-0.1, -0.05) is 60.8 Å². The minimum Gasteiger partial charge on any atom is -0.343 e. The normalized spacial score (nSPS) is 23.6. The Morgan fingerprint density at radius 3 is 2.43 bits per heavy atom. The fourth-order valence-electron chi connectivity index (χ4n) is 6.93. The maximum absolute atomic E-state index is 14.0. The topological polar surface area (TPSA) is 95.4 Å². The van der Waals surface area contributed by atoms with Gasteiger partial charge in [0, 0.05) is 56.8 Å². The number of amides is 2. The lowest BCUT2D eigenvalue weighted by atomic mass is 9.83. The Balaban J connectivity index is 1.11. The third-order valence-corrected chi connectivity index (χ3v) is 9.49. The molecule has 3 aliphatic rings. The van der Waals surface area contributed by atoms with Gasteiger partial charge in [0.15, 0.2) is 0 Å². The second-order valence-corrected chi connectivity index (χ2v) is 12.4. The van der Waals surface area contributed by atoms with Crippen LogP contribution in [0.2, 0.25) is 5.02 Å². The molecule has 2 unspecified atom stereocenters. The van der Waals surface area contributed by atoms with Gasteiger partial charge in [0.25, 0.3) is 0 Å². The highest BCUT2D eigenvalue weighted by atomic mass is 35.5. The van der Waals surface area contributed by atoms with E-state index < -0.39 is 6.04 Å². The van der Waals surface area contributed by atoms with Crippen LogP contribution in [0.4, 0.5) is 0 Å². The minimum atomic E-state index is -0.639. The molecule has 4 atom stereocenters. The van der Waals surface area contributed by atoms with Gasteiger partial charge in [-0.25, -0.2) is 0 Å². The molecule has 2 fully saturated rings. The molecule has 2 aromatic carbocycles. The van der Waals surface area contributed by atoms with Crippen molar-refractivity contribution in [3.8, 4) is 0 Å². The summed E-state index contributed by atoms with van der Waals surface area (Å²) in [6, 6.07) is 15.2. The molecule has 0 spiro atoms. The minimum absolute atomic E-state index is 0.0150. The number of benzene rings is 2. The molecule has 1 saturated carbocycles. The molecule has 1 aliphatic carbocycles. The van der Waals surface area contributed by atoms with Crippen molar-refractivity contribution >= 4 is 23.4 Å². The maximum Gasteiger partial charge on any atom is 0.245 e. The van der Waals surface area contributed by atoms with Crippen LogP contribution in [0, 0.1) is 5.92 Å². The van der Waals surface area contributed by atoms with Crippen molar-refractivity contribution in [3.63, 3.8) is 0 Å². The summed E-state index contributed by atoms with van der Waals surface area (Å²) in [6.07, 6.45) is 9.55. The van der Waals surface area contributed by atoms with Gasteiger partial charge in [-0.3, -0.25) is 14.5 Å². The lowest BCUT2D eigenvalue weighted by Crippen LogP contribution is -2.59. The van der Waals surface area contributed by atoms with Gasteiger partial charge in [-0.2, -0.15) is 0 Å². The van der Waals surface area contributed by atoms with Crippen molar-refractivity contribution < 1.29 is 9.59 Å². The molecule has 2 amide bonds. The summed E-state index contributed by atoms with van der Waals surface area (Å²) in [5.41, 5.74) is 3.37. The van der Waals surface area contributed by atoms with Crippen LogP contribution in [0.5, 0.6) is 0 Å². The van der Waals surface area contributed by atoms with Crippen LogP contribution in [-0.4, -0.2) is 80.7 Å². The largest absolute Gasteiger partial charge is 0.343 e. The molecule has 10 heteroatoms. The van der Waals surface area contributed by atoms with Crippen LogP contribution >= 0.6 is 11.6 Å². The van der Waals surface area contributed by atoms with Crippen LogP contribution in [-0.2, 0) is 35.5 Å². The number of halogens is 1. The summed E-state index contributed by atoms with van der Waals surface area (Å²) in [6.45, 7) is 4.60. The molecule has 0 bridgehead atoms. The number of hydrogen-bond acceptors (Lipinski definition) is 6. The molecule has 3 heterocycles. The van der Waals surface area contributed by atoms with E-state index in [0.717, 1.165) is 25.2 Å². The summed E-state index contributed by atoms with van der Waals surface area (Å²) in [5, 5.41) is 15.1. The van der Waals surface area contributed by atoms with Crippen molar-refractivity contribution in [3.05, 3.63) is 82.9 Å². The van der Waals surface area contributed by atoms with Crippen molar-refractivity contribution in [1.82, 2.24) is 35.2 Å². The highest BCUT2D eigenvalue weighted by molar-refractivity contribution is 6.30. The Hall–Kier alpha value is -3.27. The van der Waals surface area contributed by atoms with Crippen LogP contribution in [0.1, 0.15) is 42.4 Å². The van der Waals surface area contributed by atoms with Crippen molar-refractivity contribution in [2.24, 2.45) is 5.92 Å². The van der Waals surface area contributed by atoms with E-state index in [4.69, 9.17) is 11.6 Å². The van der Waals surface area contributed by atoms with Gasteiger partial charge in [-0.15, -0.1) is 10.2 Å². The monoisotopic (exact) mass is 589 g/mol. The predicted octanol–water partition coefficient (Wildman–Crippen LogP) is 3.08. The number of piperazine rings is 1. The Kier molecular flexibility index (Phi) is 9.17. The van der Waals surface area contributed by atoms with Crippen molar-refractivity contribution in [2.45, 2.75) is 69.7 Å². The van der Waals surface area contributed by atoms with E-state index in [-0.39, 0.29) is 17.9 Å². The standard InChI is InChI=1S/C32H40ClN7O2/c33-27-11-9-23(10-12-27)17-29(37-31(41)28-18-24-5-1-2-6-25(24)19-34-28)32(42)40-15-13-39(14-16-40)30-8-4-3-7-26(30)20-38-21-35-36-22-38/h1-2,5-6,9-12,21-22,26,28-30,34H,3-4,7-8,13-20H2,(H,37,41)/t26?,28-,29-,30?/m1/s1. The number of fused-ring (bicyclic) bond motifs is 1. The highest BCUT2D eigenvalue weighted by Gasteiger charge is 2.36. The zero-order chi connectivity index (χ0) is 28.9. The first-order valence-corrected chi connectivity index (χ1v) is 15.6. The van der Waals surface area contributed by atoms with Gasteiger partial charge >= 0.3 is 0 Å². The van der Waals surface area contributed by atoms with E-state index in [1.165, 1.54) is 36.8 Å². The molecule has 6 rings (SSSR count). The van der Waals surface area contributed by atoms with E-state index >= 15 is 0 Å². The van der Waals surface area contributed by atoms with Crippen LogP contribution in [0.3, 0.4) is 0 Å². The lowest BCUT2D eigenvalue weighted by molar-refractivity contribution is -0.139. The van der Waals surface area contributed by atoms with Crippen molar-refractivity contribution in [2.75, 3.05) is 26.2 Å². The Bertz CT molecular complexity index is 1340. The summed E-state index contributed by atoms with van der Waals surface area (Å²) in [5.74, 6) is 0.412. The lowest BCUT2D eigenvalue weighted by Gasteiger charge is -2.44. The quantitative estimate of drug-likeness (QED) is 0.419. The first kappa shape index (κ1) is 28.8. The third kappa shape index (κ3) is 6.85. The average molecular weight is 590 g/mol. The fraction of sp³-hybridized carbons (Fsp3) is 0.500. The summed E-state index contributed by atoms with van der Waals surface area (Å²) < 4.78 is 2.09. The number of carbonyl (C=O) groups excluding carboxylic acids is 2. The molecule has 0 radical (unpaired) electrons. The van der Waals surface area contributed by atoms with E-state index in [2.05, 4.69) is 42.4 Å². The smallest absolute Gasteiger partial charge is 0.245 e. The van der Waals surface area contributed by atoms with E-state index in [9.17, 15) is 9.59 Å². The van der Waals surface area contributed by atoms with Gasteiger partial charge in [-0.05, 0) is 54.0 Å². The molecule has 42 heavy (non-hydrogen) atoms. The number of nitrogens with zero attached hydrogens (tertiary/aromatic N) is 5. The molecule has 2 aliphatic heterocycles. The fourth-order valence-corrected chi connectivity index (χ4v) is 7.06. The van der Waals surface area contributed by atoms with Gasteiger partial charge in [0.2, 0.25) is 11.8 Å². The second kappa shape index (κ2) is 13.4. The molecular formula is C32H40ClN7O2. The molecule has 1 aromatic heterocycles. The molecule has 222 valence electrons. The summed E-state index contributed by atoms with van der Waals surface area (Å²) >= 11 is 6.12. The number of carbonyl (C=O) groups is 2. The molecule has 1 saturated heterocycles. The predicted molar refractivity (Wildman–Crippen MR) is 162 cm³/mol. The summed E-state index contributed by atoms with van der Waals surface area (Å²) in [4.78, 5) is 32.0. The zero-order valence-corrected chi connectivity index (χ0v) is 24.8. The van der Waals surface area contributed by atoms with E-state index in [0.29, 0.717) is 49.5 Å². The first-order chi connectivity index (χ1) is 20.5. The Labute approximate surface area is 252 Å². The molecule has 9 nitrogen and oxygen atoms in total. The number of aromatic nitrogens is 3. The van der Waals surface area contributed by atoms with Crippen LogP contribution < -0.4 is 10.6 Å². The van der Waals surface area contributed by atoms with Gasteiger partial charge in [0.05, 0.1) is 6.04 Å². The first-order valence-electron chi connectivity index (χ1n) is 15.2. The van der Waals surface area contributed by atoms with Crippen LogP contribution in [0.15, 0.2) is 61.2 Å². The van der Waals surface area contributed by atoms with E-state index in [1.54, 1.807) is 12.7 Å². The molecular weight excluding hydrogens is 550 g/mol. The van der Waals surface area contributed by atoms with Gasteiger partial charge in [0.1, 0.15) is 18.7 Å². The number of rotatable bonds is 8. The van der Waals surface area contributed by atoms with Crippen LogP contribution in [0.25, 0.3) is 0 Å². The SMILES string of the molecule is O=C(N[C@H](Cc1ccc(Cl)cc1)C(=O)N1CCN(C2CCCCC2Cn2cnnc2)CC1)[C@H]1Cc2ccccc2CN1. The second-order valence-electron chi connectivity index (χ2n) is 11.9. The maximum atomic E-state index is 14.0. The number of hydrogen-bond donors (Lipinski definition) is 2. The summed E-state index contributed by atoms with van der Waals surface area (Å²) in [7, 11) is 0. The number of nitrogens with one attached hydrogen (secondary N) is 2. The third-order valence-electron chi connectivity index (χ3n) is 9.24.